The smallest absolute Gasteiger partial charge is 0.251 e. The number of benzene rings is 1. The summed E-state index contributed by atoms with van der Waals surface area (Å²) in [7, 11) is 0. The standard InChI is InChI=1S/C16H17N3O2/c1-12(20)19-15-11-14(8-10-17-15)16(21)18-9-7-13-5-3-2-4-6-13/h2-6,8,10-11H,7,9H2,1H3,(H,18,21)(H,17,19,20). The van der Waals surface area contributed by atoms with E-state index in [0.717, 1.165) is 6.42 Å². The second kappa shape index (κ2) is 7.19. The minimum absolute atomic E-state index is 0.181. The van der Waals surface area contributed by atoms with Crippen LogP contribution in [0.3, 0.4) is 0 Å². The molecule has 1 heterocycles. The van der Waals surface area contributed by atoms with Crippen LogP contribution in [0.4, 0.5) is 5.82 Å². The quantitative estimate of drug-likeness (QED) is 0.881. The number of anilines is 1. The molecular formula is C16H17N3O2. The van der Waals surface area contributed by atoms with E-state index in [4.69, 9.17) is 0 Å². The Morgan fingerprint density at radius 3 is 2.62 bits per heavy atom. The maximum atomic E-state index is 12.0. The predicted molar refractivity (Wildman–Crippen MR) is 81.0 cm³/mol. The van der Waals surface area contributed by atoms with Gasteiger partial charge in [-0.25, -0.2) is 4.98 Å². The number of carbonyl (C=O) groups is 2. The van der Waals surface area contributed by atoms with Crippen LogP contribution in [-0.2, 0) is 11.2 Å². The fourth-order valence-electron chi connectivity index (χ4n) is 1.89. The van der Waals surface area contributed by atoms with Crippen molar-refractivity contribution in [1.29, 1.82) is 0 Å². The molecule has 0 saturated carbocycles. The molecule has 108 valence electrons. The molecule has 2 amide bonds. The van der Waals surface area contributed by atoms with Gasteiger partial charge in [-0.15, -0.1) is 0 Å². The Hall–Kier alpha value is -2.69. The fourth-order valence-corrected chi connectivity index (χ4v) is 1.89. The van der Waals surface area contributed by atoms with E-state index in [2.05, 4.69) is 15.6 Å². The fraction of sp³-hybridized carbons (Fsp3) is 0.188. The zero-order chi connectivity index (χ0) is 15.1. The zero-order valence-electron chi connectivity index (χ0n) is 11.8. The second-order valence-electron chi connectivity index (χ2n) is 4.60. The van der Waals surface area contributed by atoms with Gasteiger partial charge in [-0.1, -0.05) is 30.3 Å². The summed E-state index contributed by atoms with van der Waals surface area (Å²) in [6, 6.07) is 13.1. The molecule has 1 aromatic heterocycles. The van der Waals surface area contributed by atoms with Gasteiger partial charge in [0.1, 0.15) is 5.82 Å². The molecule has 0 aliphatic rings. The lowest BCUT2D eigenvalue weighted by atomic mass is 10.1. The highest BCUT2D eigenvalue weighted by atomic mass is 16.2. The Morgan fingerprint density at radius 1 is 1.14 bits per heavy atom. The molecule has 1 aromatic carbocycles. The van der Waals surface area contributed by atoms with Crippen molar-refractivity contribution in [2.75, 3.05) is 11.9 Å². The van der Waals surface area contributed by atoms with Gasteiger partial charge in [0.15, 0.2) is 0 Å². The molecule has 2 rings (SSSR count). The summed E-state index contributed by atoms with van der Waals surface area (Å²) in [6.45, 7) is 1.95. The summed E-state index contributed by atoms with van der Waals surface area (Å²) >= 11 is 0. The van der Waals surface area contributed by atoms with Crippen LogP contribution in [0.25, 0.3) is 0 Å². The third-order valence-corrected chi connectivity index (χ3v) is 2.87. The number of carbonyl (C=O) groups excluding carboxylic acids is 2. The van der Waals surface area contributed by atoms with E-state index in [1.165, 1.54) is 18.7 Å². The Kier molecular flexibility index (Phi) is 5.04. The van der Waals surface area contributed by atoms with Crippen molar-refractivity contribution >= 4 is 17.6 Å². The molecule has 0 saturated heterocycles. The highest BCUT2D eigenvalue weighted by molar-refractivity contribution is 5.96. The zero-order valence-corrected chi connectivity index (χ0v) is 11.8. The van der Waals surface area contributed by atoms with Crippen LogP contribution in [0, 0.1) is 0 Å². The maximum absolute atomic E-state index is 12.0. The van der Waals surface area contributed by atoms with Gasteiger partial charge >= 0.3 is 0 Å². The molecular weight excluding hydrogens is 266 g/mol. The van der Waals surface area contributed by atoms with E-state index in [-0.39, 0.29) is 11.8 Å². The molecule has 0 unspecified atom stereocenters. The SMILES string of the molecule is CC(=O)Nc1cc(C(=O)NCCc2ccccc2)ccn1. The number of pyridine rings is 1. The van der Waals surface area contributed by atoms with Gasteiger partial charge in [-0.2, -0.15) is 0 Å². The third-order valence-electron chi connectivity index (χ3n) is 2.87. The first-order chi connectivity index (χ1) is 10.1. The summed E-state index contributed by atoms with van der Waals surface area (Å²) in [5.41, 5.74) is 1.65. The van der Waals surface area contributed by atoms with Crippen molar-refractivity contribution in [3.05, 3.63) is 59.8 Å². The maximum Gasteiger partial charge on any atom is 0.251 e. The Morgan fingerprint density at radius 2 is 1.90 bits per heavy atom. The first kappa shape index (κ1) is 14.7. The third kappa shape index (κ3) is 4.72. The summed E-state index contributed by atoms with van der Waals surface area (Å²) in [4.78, 5) is 27.0. The molecule has 0 atom stereocenters. The average molecular weight is 283 g/mol. The van der Waals surface area contributed by atoms with Crippen LogP contribution < -0.4 is 10.6 Å². The number of rotatable bonds is 5. The van der Waals surface area contributed by atoms with Crippen LogP contribution in [0.2, 0.25) is 0 Å². The molecule has 2 N–H and O–H groups in total. The van der Waals surface area contributed by atoms with E-state index < -0.39 is 0 Å². The highest BCUT2D eigenvalue weighted by Gasteiger charge is 2.07. The molecule has 0 bridgehead atoms. The van der Waals surface area contributed by atoms with E-state index in [1.807, 2.05) is 30.3 Å². The van der Waals surface area contributed by atoms with Crippen molar-refractivity contribution in [2.45, 2.75) is 13.3 Å². The number of nitrogens with zero attached hydrogens (tertiary/aromatic N) is 1. The van der Waals surface area contributed by atoms with Crippen molar-refractivity contribution in [2.24, 2.45) is 0 Å². The van der Waals surface area contributed by atoms with Crippen LogP contribution in [-0.4, -0.2) is 23.3 Å². The van der Waals surface area contributed by atoms with Crippen LogP contribution >= 0.6 is 0 Å². The molecule has 0 spiro atoms. The summed E-state index contributed by atoms with van der Waals surface area (Å²) in [6.07, 6.45) is 2.27. The average Bonchev–Trinajstić information content (AvgIpc) is 2.48. The molecule has 0 radical (unpaired) electrons. The van der Waals surface area contributed by atoms with Gasteiger partial charge in [0.05, 0.1) is 0 Å². The lowest BCUT2D eigenvalue weighted by Crippen LogP contribution is -2.25. The molecule has 2 aromatic rings. The lowest BCUT2D eigenvalue weighted by Gasteiger charge is -2.07. The van der Waals surface area contributed by atoms with Crippen LogP contribution in [0.15, 0.2) is 48.7 Å². The second-order valence-corrected chi connectivity index (χ2v) is 4.60. The normalized spacial score (nSPS) is 9.95. The predicted octanol–water partition coefficient (Wildman–Crippen LogP) is 2.01. The topological polar surface area (TPSA) is 71.1 Å². The van der Waals surface area contributed by atoms with E-state index in [9.17, 15) is 9.59 Å². The van der Waals surface area contributed by atoms with E-state index >= 15 is 0 Å². The summed E-state index contributed by atoms with van der Waals surface area (Å²) in [5.74, 6) is -0.0257. The summed E-state index contributed by atoms with van der Waals surface area (Å²) < 4.78 is 0. The number of amides is 2. The molecule has 5 heteroatoms. The first-order valence-corrected chi connectivity index (χ1v) is 6.71. The van der Waals surface area contributed by atoms with Crippen molar-refractivity contribution < 1.29 is 9.59 Å². The molecule has 21 heavy (non-hydrogen) atoms. The lowest BCUT2D eigenvalue weighted by molar-refractivity contribution is -0.114. The van der Waals surface area contributed by atoms with Crippen molar-refractivity contribution in [1.82, 2.24) is 10.3 Å². The largest absolute Gasteiger partial charge is 0.352 e. The van der Waals surface area contributed by atoms with Gasteiger partial charge in [0.2, 0.25) is 5.91 Å². The van der Waals surface area contributed by atoms with Crippen LogP contribution in [0.5, 0.6) is 0 Å². The first-order valence-electron chi connectivity index (χ1n) is 6.71. The molecule has 5 nitrogen and oxygen atoms in total. The van der Waals surface area contributed by atoms with Gasteiger partial charge in [0, 0.05) is 25.2 Å². The summed E-state index contributed by atoms with van der Waals surface area (Å²) in [5, 5.41) is 5.40. The van der Waals surface area contributed by atoms with E-state index in [1.54, 1.807) is 12.1 Å². The van der Waals surface area contributed by atoms with Gasteiger partial charge in [-0.3, -0.25) is 9.59 Å². The van der Waals surface area contributed by atoms with Gasteiger partial charge < -0.3 is 10.6 Å². The molecule has 0 aliphatic carbocycles. The molecule has 0 aliphatic heterocycles. The van der Waals surface area contributed by atoms with Crippen molar-refractivity contribution in [3.8, 4) is 0 Å². The Bertz CT molecular complexity index is 626. The van der Waals surface area contributed by atoms with Crippen molar-refractivity contribution in [3.63, 3.8) is 0 Å². The number of hydrogen-bond donors (Lipinski definition) is 2. The minimum atomic E-state index is -0.218. The highest BCUT2D eigenvalue weighted by Crippen LogP contribution is 2.07. The van der Waals surface area contributed by atoms with Gasteiger partial charge in [0.25, 0.3) is 5.91 Å². The number of aromatic nitrogens is 1. The number of nitrogens with one attached hydrogen (secondary N) is 2. The minimum Gasteiger partial charge on any atom is -0.352 e. The van der Waals surface area contributed by atoms with Gasteiger partial charge in [-0.05, 0) is 24.1 Å². The van der Waals surface area contributed by atoms with E-state index in [0.29, 0.717) is 17.9 Å². The Labute approximate surface area is 123 Å². The van der Waals surface area contributed by atoms with Crippen LogP contribution in [0.1, 0.15) is 22.8 Å². The monoisotopic (exact) mass is 283 g/mol. The molecule has 0 fully saturated rings. The number of hydrogen-bond acceptors (Lipinski definition) is 3. The Balaban J connectivity index is 1.89.